The van der Waals surface area contributed by atoms with E-state index in [2.05, 4.69) is 36.9 Å². The van der Waals surface area contributed by atoms with Crippen molar-refractivity contribution in [2.24, 2.45) is 0 Å². The second-order valence-electron chi connectivity index (χ2n) is 8.69. The number of carbonyl (C=O) groups is 1. The molecule has 33 heavy (non-hydrogen) atoms. The van der Waals surface area contributed by atoms with Crippen molar-refractivity contribution in [2.45, 2.75) is 26.3 Å². The van der Waals surface area contributed by atoms with Gasteiger partial charge in [-0.05, 0) is 44.0 Å². The molecule has 2 aliphatic rings. The second kappa shape index (κ2) is 9.23. The maximum Gasteiger partial charge on any atom is 0.257 e. The van der Waals surface area contributed by atoms with Gasteiger partial charge >= 0.3 is 0 Å². The van der Waals surface area contributed by atoms with E-state index in [1.54, 1.807) is 23.1 Å². The summed E-state index contributed by atoms with van der Waals surface area (Å²) in [5, 5.41) is 9.60. The van der Waals surface area contributed by atoms with Gasteiger partial charge < -0.3 is 19.6 Å². The van der Waals surface area contributed by atoms with Gasteiger partial charge in [0.1, 0.15) is 5.75 Å². The lowest BCUT2D eigenvalue weighted by molar-refractivity contribution is 0.0743. The van der Waals surface area contributed by atoms with Crippen LogP contribution in [0.3, 0.4) is 0 Å². The van der Waals surface area contributed by atoms with Crippen LogP contribution in [0.15, 0.2) is 36.4 Å². The van der Waals surface area contributed by atoms with E-state index in [-0.39, 0.29) is 18.3 Å². The minimum atomic E-state index is -3.50. The molecule has 2 heterocycles. The fraction of sp³-hybridized carbons (Fsp3) is 0.458. The zero-order chi connectivity index (χ0) is 23.8. The highest BCUT2D eigenvalue weighted by molar-refractivity contribution is 7.93. The molecule has 0 saturated carbocycles. The summed E-state index contributed by atoms with van der Waals surface area (Å²) in [6.45, 7) is 6.57. The summed E-state index contributed by atoms with van der Waals surface area (Å²) in [5.41, 5.74) is 4.45. The Hall–Kier alpha value is -2.78. The predicted molar refractivity (Wildman–Crippen MR) is 129 cm³/mol. The Morgan fingerprint density at radius 2 is 1.82 bits per heavy atom. The molecule has 2 aromatic carbocycles. The van der Waals surface area contributed by atoms with Crippen LogP contribution < -0.4 is 13.9 Å². The number of aryl methyl sites for hydroxylation is 2. The number of aliphatic hydroxyl groups excluding tert-OH is 1. The van der Waals surface area contributed by atoms with Crippen LogP contribution in [0.25, 0.3) is 0 Å². The maximum atomic E-state index is 13.3. The molecule has 2 aromatic rings. The first-order valence-corrected chi connectivity index (χ1v) is 12.8. The molecule has 0 unspecified atom stereocenters. The lowest BCUT2D eigenvalue weighted by atomic mass is 10.1. The van der Waals surface area contributed by atoms with Crippen LogP contribution in [-0.2, 0) is 10.0 Å². The number of amides is 1. The molecule has 4 rings (SSSR count). The standard InChI is InChI=1S/C24H31N3O5S/c1-17-4-7-22(18(2)14-17)25-9-11-26(12-10-25)24(29)21-6-5-19(15-23(21)32-3)27-20(16-28)8-13-33(27,30)31/h4-7,14-15,20,28H,8-13,16H2,1-3H3/t20-/m0/s1. The summed E-state index contributed by atoms with van der Waals surface area (Å²) in [6, 6.07) is 10.7. The summed E-state index contributed by atoms with van der Waals surface area (Å²) >= 11 is 0. The van der Waals surface area contributed by atoms with Gasteiger partial charge in [0.15, 0.2) is 0 Å². The zero-order valence-corrected chi connectivity index (χ0v) is 20.1. The van der Waals surface area contributed by atoms with Gasteiger partial charge in [-0.2, -0.15) is 0 Å². The average molecular weight is 474 g/mol. The van der Waals surface area contributed by atoms with E-state index in [0.29, 0.717) is 36.5 Å². The van der Waals surface area contributed by atoms with Crippen LogP contribution in [0.5, 0.6) is 5.75 Å². The van der Waals surface area contributed by atoms with Gasteiger partial charge in [0.25, 0.3) is 5.91 Å². The van der Waals surface area contributed by atoms with Crippen LogP contribution in [0.2, 0.25) is 0 Å². The highest BCUT2D eigenvalue weighted by Gasteiger charge is 2.37. The van der Waals surface area contributed by atoms with Crippen molar-refractivity contribution in [1.29, 1.82) is 0 Å². The van der Waals surface area contributed by atoms with Crippen LogP contribution >= 0.6 is 0 Å². The highest BCUT2D eigenvalue weighted by atomic mass is 32.2. The third kappa shape index (κ3) is 4.52. The number of ether oxygens (including phenoxy) is 1. The Balaban J connectivity index is 1.51. The van der Waals surface area contributed by atoms with Crippen molar-refractivity contribution in [1.82, 2.24) is 4.90 Å². The normalized spacial score (nSPS) is 20.2. The summed E-state index contributed by atoms with van der Waals surface area (Å²) in [7, 11) is -2.03. The lowest BCUT2D eigenvalue weighted by Crippen LogP contribution is -2.49. The molecule has 2 fully saturated rings. The lowest BCUT2D eigenvalue weighted by Gasteiger charge is -2.37. The van der Waals surface area contributed by atoms with Gasteiger partial charge in [-0.1, -0.05) is 17.7 Å². The summed E-state index contributed by atoms with van der Waals surface area (Å²) < 4.78 is 31.7. The Morgan fingerprint density at radius 1 is 1.09 bits per heavy atom. The Bertz CT molecular complexity index is 1140. The summed E-state index contributed by atoms with van der Waals surface area (Å²) in [5.74, 6) is 0.182. The third-order valence-electron chi connectivity index (χ3n) is 6.48. The summed E-state index contributed by atoms with van der Waals surface area (Å²) in [4.78, 5) is 17.4. The molecule has 2 aliphatic heterocycles. The van der Waals surface area contributed by atoms with Gasteiger partial charge in [0.05, 0.1) is 36.8 Å². The molecule has 1 atom stereocenters. The van der Waals surface area contributed by atoms with E-state index in [9.17, 15) is 18.3 Å². The quantitative estimate of drug-likeness (QED) is 0.716. The zero-order valence-electron chi connectivity index (χ0n) is 19.3. The van der Waals surface area contributed by atoms with Crippen LogP contribution in [0.1, 0.15) is 27.9 Å². The molecule has 1 N–H and O–H groups in total. The first-order valence-electron chi connectivity index (χ1n) is 11.2. The fourth-order valence-corrected chi connectivity index (χ4v) is 6.57. The highest BCUT2D eigenvalue weighted by Crippen LogP contribution is 2.34. The smallest absolute Gasteiger partial charge is 0.257 e. The number of hydrogen-bond donors (Lipinski definition) is 1. The van der Waals surface area contributed by atoms with E-state index in [1.807, 2.05) is 0 Å². The monoisotopic (exact) mass is 473 g/mol. The van der Waals surface area contributed by atoms with Crippen molar-refractivity contribution in [3.63, 3.8) is 0 Å². The Morgan fingerprint density at radius 3 is 2.45 bits per heavy atom. The van der Waals surface area contributed by atoms with Gasteiger partial charge in [-0.25, -0.2) is 8.42 Å². The maximum absolute atomic E-state index is 13.3. The number of sulfonamides is 1. The molecule has 8 nitrogen and oxygen atoms in total. The molecule has 9 heteroatoms. The number of carbonyl (C=O) groups excluding carboxylic acids is 1. The second-order valence-corrected chi connectivity index (χ2v) is 10.7. The molecule has 2 saturated heterocycles. The fourth-order valence-electron chi connectivity index (χ4n) is 4.74. The molecule has 0 spiro atoms. The van der Waals surface area contributed by atoms with Crippen molar-refractivity contribution in [3.05, 3.63) is 53.1 Å². The number of anilines is 2. The number of rotatable bonds is 5. The minimum absolute atomic E-state index is 0.00798. The number of piperazine rings is 1. The van der Waals surface area contributed by atoms with Crippen molar-refractivity contribution in [2.75, 3.05) is 54.9 Å². The molecule has 0 radical (unpaired) electrons. The van der Waals surface area contributed by atoms with Crippen molar-refractivity contribution >= 4 is 27.3 Å². The average Bonchev–Trinajstić information content (AvgIpc) is 3.12. The largest absolute Gasteiger partial charge is 0.496 e. The number of hydrogen-bond acceptors (Lipinski definition) is 6. The molecule has 0 aliphatic carbocycles. The molecular weight excluding hydrogens is 442 g/mol. The van der Waals surface area contributed by atoms with Crippen molar-refractivity contribution in [3.8, 4) is 5.75 Å². The molecule has 0 bridgehead atoms. The third-order valence-corrected chi connectivity index (χ3v) is 8.34. The Kier molecular flexibility index (Phi) is 6.54. The Labute approximate surface area is 195 Å². The predicted octanol–water partition coefficient (Wildman–Crippen LogP) is 2.18. The topological polar surface area (TPSA) is 90.4 Å². The number of methoxy groups -OCH3 is 1. The van der Waals surface area contributed by atoms with Crippen molar-refractivity contribution < 1.29 is 23.1 Å². The van der Waals surface area contributed by atoms with Gasteiger partial charge in [0, 0.05) is 37.9 Å². The molecule has 0 aromatic heterocycles. The first-order chi connectivity index (χ1) is 15.7. The van der Waals surface area contributed by atoms with E-state index in [4.69, 9.17) is 4.74 Å². The van der Waals surface area contributed by atoms with Gasteiger partial charge in [-0.3, -0.25) is 9.10 Å². The molecule has 178 valence electrons. The van der Waals surface area contributed by atoms with E-state index < -0.39 is 16.1 Å². The molecule has 1 amide bonds. The van der Waals surface area contributed by atoms with E-state index >= 15 is 0 Å². The van der Waals surface area contributed by atoms with Crippen LogP contribution in [0.4, 0.5) is 11.4 Å². The number of benzene rings is 2. The van der Waals surface area contributed by atoms with Gasteiger partial charge in [-0.15, -0.1) is 0 Å². The summed E-state index contributed by atoms with van der Waals surface area (Å²) in [6.07, 6.45) is 0.368. The van der Waals surface area contributed by atoms with Crippen LogP contribution in [0, 0.1) is 13.8 Å². The SMILES string of the molecule is COc1cc(N2[C@H](CO)CCS2(=O)=O)ccc1C(=O)N1CCN(c2ccc(C)cc2C)CC1. The first kappa shape index (κ1) is 23.4. The number of nitrogens with zero attached hydrogens (tertiary/aromatic N) is 3. The molecular formula is C24H31N3O5S. The number of aliphatic hydroxyl groups is 1. The van der Waals surface area contributed by atoms with E-state index in [0.717, 1.165) is 13.1 Å². The minimum Gasteiger partial charge on any atom is -0.496 e. The van der Waals surface area contributed by atoms with Crippen LogP contribution in [-0.4, -0.2) is 76.0 Å². The van der Waals surface area contributed by atoms with E-state index in [1.165, 1.54) is 28.2 Å². The van der Waals surface area contributed by atoms with Gasteiger partial charge in [0.2, 0.25) is 10.0 Å².